The Kier molecular flexibility index (Phi) is 2.13. The average molecular weight is 251 g/mol. The van der Waals surface area contributed by atoms with Gasteiger partial charge in [-0.05, 0) is 24.3 Å². The van der Waals surface area contributed by atoms with Crippen LogP contribution >= 0.6 is 0 Å². The standard InChI is InChI=1S/C12H7F2NO3/c13-12(14)17-10-4-3-8(6-11(10)18-12)15-5-1-2-9(15)7-16/h1-7H. The summed E-state index contributed by atoms with van der Waals surface area (Å²) in [6.07, 6.45) is -1.30. The number of carbonyl (C=O) groups excluding carboxylic acids is 1. The van der Waals surface area contributed by atoms with E-state index in [1.807, 2.05) is 0 Å². The van der Waals surface area contributed by atoms with Gasteiger partial charge in [-0.1, -0.05) is 0 Å². The minimum Gasteiger partial charge on any atom is -0.395 e. The van der Waals surface area contributed by atoms with E-state index >= 15 is 0 Å². The molecular formula is C12H7F2NO3. The van der Waals surface area contributed by atoms with Crippen molar-refractivity contribution < 1.29 is 23.0 Å². The molecule has 0 spiro atoms. The molecule has 0 saturated heterocycles. The van der Waals surface area contributed by atoms with Gasteiger partial charge >= 0.3 is 6.29 Å². The first kappa shape index (κ1) is 10.8. The second kappa shape index (κ2) is 3.56. The second-order valence-electron chi connectivity index (χ2n) is 3.72. The topological polar surface area (TPSA) is 40.5 Å². The molecule has 1 aliphatic rings. The van der Waals surface area contributed by atoms with Crippen molar-refractivity contribution in [2.24, 2.45) is 0 Å². The van der Waals surface area contributed by atoms with Crippen molar-refractivity contribution in [1.29, 1.82) is 0 Å². The molecule has 0 bridgehead atoms. The van der Waals surface area contributed by atoms with Gasteiger partial charge in [0.05, 0.1) is 5.69 Å². The number of halogens is 2. The van der Waals surface area contributed by atoms with Crippen molar-refractivity contribution in [3.63, 3.8) is 0 Å². The lowest BCUT2D eigenvalue weighted by Crippen LogP contribution is -2.25. The van der Waals surface area contributed by atoms with E-state index in [9.17, 15) is 13.6 Å². The summed E-state index contributed by atoms with van der Waals surface area (Å²) in [5, 5.41) is 0. The third kappa shape index (κ3) is 1.62. The number of fused-ring (bicyclic) bond motifs is 1. The number of benzene rings is 1. The first-order valence-electron chi connectivity index (χ1n) is 5.12. The summed E-state index contributed by atoms with van der Waals surface area (Å²) in [4.78, 5) is 10.8. The molecule has 0 radical (unpaired) electrons. The van der Waals surface area contributed by atoms with Gasteiger partial charge in [-0.2, -0.15) is 0 Å². The Morgan fingerprint density at radius 3 is 2.72 bits per heavy atom. The minimum absolute atomic E-state index is 0.0245. The van der Waals surface area contributed by atoms with Gasteiger partial charge < -0.3 is 14.0 Å². The minimum atomic E-state index is -3.63. The number of aromatic nitrogens is 1. The first-order valence-corrected chi connectivity index (χ1v) is 5.12. The molecule has 3 rings (SSSR count). The Labute approximate surface area is 100 Å². The summed E-state index contributed by atoms with van der Waals surface area (Å²) in [5.41, 5.74) is 0.961. The Balaban J connectivity index is 2.05. The van der Waals surface area contributed by atoms with Gasteiger partial charge in [0.15, 0.2) is 17.8 Å². The monoisotopic (exact) mass is 251 g/mol. The second-order valence-corrected chi connectivity index (χ2v) is 3.72. The highest BCUT2D eigenvalue weighted by molar-refractivity contribution is 5.74. The summed E-state index contributed by atoms with van der Waals surface area (Å²) >= 11 is 0. The van der Waals surface area contributed by atoms with Crippen molar-refractivity contribution in [2.75, 3.05) is 0 Å². The summed E-state index contributed by atoms with van der Waals surface area (Å²) in [6.45, 7) is 0. The maximum atomic E-state index is 12.8. The molecule has 6 heteroatoms. The van der Waals surface area contributed by atoms with E-state index in [0.717, 1.165) is 0 Å². The molecule has 1 aromatic carbocycles. The molecule has 0 unspecified atom stereocenters. The number of carbonyl (C=O) groups is 1. The van der Waals surface area contributed by atoms with Crippen LogP contribution in [-0.2, 0) is 0 Å². The molecule has 92 valence electrons. The van der Waals surface area contributed by atoms with Crippen molar-refractivity contribution in [1.82, 2.24) is 4.57 Å². The molecular weight excluding hydrogens is 244 g/mol. The van der Waals surface area contributed by atoms with Gasteiger partial charge in [0.2, 0.25) is 0 Å². The molecule has 1 aromatic heterocycles. The molecule has 0 fully saturated rings. The van der Waals surface area contributed by atoms with Crippen LogP contribution in [0.5, 0.6) is 11.5 Å². The smallest absolute Gasteiger partial charge is 0.395 e. The van der Waals surface area contributed by atoms with E-state index in [1.165, 1.54) is 12.1 Å². The summed E-state index contributed by atoms with van der Waals surface area (Å²) in [7, 11) is 0. The summed E-state index contributed by atoms with van der Waals surface area (Å²) in [6, 6.07) is 7.63. The molecule has 0 aliphatic carbocycles. The largest absolute Gasteiger partial charge is 0.586 e. The maximum absolute atomic E-state index is 12.8. The van der Waals surface area contributed by atoms with Crippen LogP contribution in [-0.4, -0.2) is 17.1 Å². The highest BCUT2D eigenvalue weighted by Crippen LogP contribution is 2.41. The van der Waals surface area contributed by atoms with Gasteiger partial charge in [0.25, 0.3) is 0 Å². The zero-order valence-corrected chi connectivity index (χ0v) is 8.97. The van der Waals surface area contributed by atoms with Gasteiger partial charge in [0.1, 0.15) is 0 Å². The van der Waals surface area contributed by atoms with E-state index in [2.05, 4.69) is 9.47 Å². The van der Waals surface area contributed by atoms with Crippen LogP contribution in [0.15, 0.2) is 36.5 Å². The van der Waals surface area contributed by atoms with Crippen LogP contribution in [0, 0.1) is 0 Å². The van der Waals surface area contributed by atoms with E-state index in [1.54, 1.807) is 29.0 Å². The number of hydrogen-bond acceptors (Lipinski definition) is 3. The van der Waals surface area contributed by atoms with E-state index in [-0.39, 0.29) is 11.5 Å². The Hall–Kier alpha value is -2.37. The summed E-state index contributed by atoms with van der Waals surface area (Å²) < 4.78 is 35.9. The third-order valence-electron chi connectivity index (χ3n) is 2.56. The molecule has 18 heavy (non-hydrogen) atoms. The van der Waals surface area contributed by atoms with Crippen LogP contribution < -0.4 is 9.47 Å². The zero-order chi connectivity index (χ0) is 12.8. The zero-order valence-electron chi connectivity index (χ0n) is 8.97. The molecule has 1 aliphatic heterocycles. The van der Waals surface area contributed by atoms with E-state index in [0.29, 0.717) is 17.7 Å². The lowest BCUT2D eigenvalue weighted by molar-refractivity contribution is -0.286. The Bertz CT molecular complexity index is 622. The van der Waals surface area contributed by atoms with Gasteiger partial charge in [0, 0.05) is 18.0 Å². The van der Waals surface area contributed by atoms with Crippen molar-refractivity contribution >= 4 is 6.29 Å². The normalized spacial score (nSPS) is 15.7. The van der Waals surface area contributed by atoms with Crippen molar-refractivity contribution in [2.45, 2.75) is 6.29 Å². The third-order valence-corrected chi connectivity index (χ3v) is 2.56. The molecule has 0 saturated carbocycles. The first-order chi connectivity index (χ1) is 8.59. The highest BCUT2D eigenvalue weighted by Gasteiger charge is 2.43. The van der Waals surface area contributed by atoms with E-state index in [4.69, 9.17) is 0 Å². The number of rotatable bonds is 2. The summed E-state index contributed by atoms with van der Waals surface area (Å²) in [5.74, 6) is -0.0772. The number of alkyl halides is 2. The lowest BCUT2D eigenvalue weighted by atomic mass is 10.2. The fraction of sp³-hybridized carbons (Fsp3) is 0.0833. The molecule has 0 atom stereocenters. The van der Waals surface area contributed by atoms with Gasteiger partial charge in [-0.15, -0.1) is 8.78 Å². The Morgan fingerprint density at radius 2 is 1.94 bits per heavy atom. The van der Waals surface area contributed by atoms with Crippen LogP contribution in [0.25, 0.3) is 5.69 Å². The van der Waals surface area contributed by atoms with Gasteiger partial charge in [-0.3, -0.25) is 4.79 Å². The molecule has 0 amide bonds. The quantitative estimate of drug-likeness (QED) is 0.770. The van der Waals surface area contributed by atoms with E-state index < -0.39 is 6.29 Å². The highest BCUT2D eigenvalue weighted by atomic mass is 19.3. The number of aldehydes is 1. The molecule has 0 N–H and O–H groups in total. The Morgan fingerprint density at radius 1 is 1.17 bits per heavy atom. The van der Waals surface area contributed by atoms with Crippen LogP contribution in [0.4, 0.5) is 8.78 Å². The predicted molar refractivity (Wildman–Crippen MR) is 57.4 cm³/mol. The van der Waals surface area contributed by atoms with Gasteiger partial charge in [-0.25, -0.2) is 0 Å². The fourth-order valence-corrected chi connectivity index (χ4v) is 1.81. The molecule has 2 aromatic rings. The SMILES string of the molecule is O=Cc1cccn1-c1ccc2c(c1)OC(F)(F)O2. The van der Waals surface area contributed by atoms with Crippen LogP contribution in [0.1, 0.15) is 10.5 Å². The lowest BCUT2D eigenvalue weighted by Gasteiger charge is -2.06. The number of ether oxygens (including phenoxy) is 2. The number of nitrogens with zero attached hydrogens (tertiary/aromatic N) is 1. The predicted octanol–water partition coefficient (Wildman–Crippen LogP) is 2.61. The fourth-order valence-electron chi connectivity index (χ4n) is 1.81. The van der Waals surface area contributed by atoms with Crippen LogP contribution in [0.2, 0.25) is 0 Å². The molecule has 2 heterocycles. The number of hydrogen-bond donors (Lipinski definition) is 0. The van der Waals surface area contributed by atoms with Crippen LogP contribution in [0.3, 0.4) is 0 Å². The maximum Gasteiger partial charge on any atom is 0.586 e. The van der Waals surface area contributed by atoms with Crippen molar-refractivity contribution in [3.05, 3.63) is 42.2 Å². The molecule has 4 nitrogen and oxygen atoms in total. The van der Waals surface area contributed by atoms with Crippen molar-refractivity contribution in [3.8, 4) is 17.2 Å². The average Bonchev–Trinajstić information content (AvgIpc) is 2.88.